The molecule has 164 valence electrons. The summed E-state index contributed by atoms with van der Waals surface area (Å²) in [4.78, 5) is 12.7. The highest BCUT2D eigenvalue weighted by Crippen LogP contribution is 2.23. The number of esters is 1. The number of carbonyl (C=O) groups excluding carboxylic acids is 1. The van der Waals surface area contributed by atoms with Gasteiger partial charge in [-0.1, -0.05) is 18.2 Å². The highest BCUT2D eigenvalue weighted by molar-refractivity contribution is 7.89. The average Bonchev–Trinajstić information content (AvgIpc) is 3.25. The first-order valence-electron chi connectivity index (χ1n) is 9.50. The van der Waals surface area contributed by atoms with Crippen molar-refractivity contribution in [1.29, 1.82) is 0 Å². The van der Waals surface area contributed by atoms with Crippen LogP contribution < -0.4 is 5.32 Å². The molecule has 0 saturated carbocycles. The molecule has 0 aliphatic rings. The number of hydrogen-bond donors (Lipinski definition) is 2. The lowest BCUT2D eigenvalue weighted by Gasteiger charge is -2.15. The van der Waals surface area contributed by atoms with Gasteiger partial charge in [0.2, 0.25) is 10.0 Å². The number of ether oxygens (including phenoxy) is 1. The van der Waals surface area contributed by atoms with Crippen LogP contribution in [-0.2, 0) is 21.4 Å². The van der Waals surface area contributed by atoms with Gasteiger partial charge in [-0.05, 0) is 30.3 Å². The van der Waals surface area contributed by atoms with E-state index in [2.05, 4.69) is 10.4 Å². The molecule has 1 aromatic heterocycles. The number of para-hydroxylation sites is 1. The summed E-state index contributed by atoms with van der Waals surface area (Å²) in [5, 5.41) is 16.2. The number of nitrogens with one attached hydrogen (secondary N) is 1. The average molecular weight is 445 g/mol. The van der Waals surface area contributed by atoms with Crippen molar-refractivity contribution < 1.29 is 23.1 Å². The topological polar surface area (TPSA) is 114 Å². The minimum Gasteiger partial charge on any atom is -0.457 e. The van der Waals surface area contributed by atoms with Gasteiger partial charge in [-0.2, -0.15) is 5.10 Å². The van der Waals surface area contributed by atoms with Crippen LogP contribution in [0.2, 0.25) is 0 Å². The third-order valence-electron chi connectivity index (χ3n) is 4.44. The molecule has 0 radical (unpaired) electrons. The molecular weight excluding hydrogens is 420 g/mol. The zero-order chi connectivity index (χ0) is 22.4. The van der Waals surface area contributed by atoms with E-state index in [4.69, 9.17) is 9.84 Å². The highest BCUT2D eigenvalue weighted by Gasteiger charge is 2.22. The summed E-state index contributed by atoms with van der Waals surface area (Å²) >= 11 is 0. The van der Waals surface area contributed by atoms with Gasteiger partial charge in [-0.3, -0.25) is 0 Å². The Morgan fingerprint density at radius 1 is 1.19 bits per heavy atom. The fourth-order valence-corrected chi connectivity index (χ4v) is 3.72. The molecule has 9 nitrogen and oxygen atoms in total. The molecule has 2 aromatic carbocycles. The number of rotatable bonds is 9. The van der Waals surface area contributed by atoms with E-state index in [-0.39, 0.29) is 30.2 Å². The Hall–Kier alpha value is -3.21. The number of aliphatic hydroxyl groups excluding tert-OH is 1. The zero-order valence-electron chi connectivity index (χ0n) is 17.2. The first-order chi connectivity index (χ1) is 14.8. The van der Waals surface area contributed by atoms with Crippen LogP contribution in [0, 0.1) is 0 Å². The Morgan fingerprint density at radius 3 is 2.61 bits per heavy atom. The molecule has 0 saturated heterocycles. The number of nitrogens with zero attached hydrogens (tertiary/aromatic N) is 3. The van der Waals surface area contributed by atoms with Crippen molar-refractivity contribution in [1.82, 2.24) is 14.1 Å². The Bertz CT molecular complexity index is 1140. The van der Waals surface area contributed by atoms with Crippen LogP contribution in [0.1, 0.15) is 15.9 Å². The number of benzene rings is 2. The summed E-state index contributed by atoms with van der Waals surface area (Å²) in [6, 6.07) is 13.6. The predicted molar refractivity (Wildman–Crippen MR) is 116 cm³/mol. The van der Waals surface area contributed by atoms with Gasteiger partial charge in [0, 0.05) is 38.1 Å². The highest BCUT2D eigenvalue weighted by atomic mass is 32.2. The first kappa shape index (κ1) is 22.5. The summed E-state index contributed by atoms with van der Waals surface area (Å²) in [5.74, 6) is -0.691. The van der Waals surface area contributed by atoms with Crippen LogP contribution in [0.5, 0.6) is 0 Å². The summed E-state index contributed by atoms with van der Waals surface area (Å²) in [7, 11) is -0.905. The lowest BCUT2D eigenvalue weighted by molar-refractivity contribution is 0.0473. The van der Waals surface area contributed by atoms with E-state index in [1.807, 2.05) is 30.3 Å². The van der Waals surface area contributed by atoms with Crippen molar-refractivity contribution >= 4 is 21.7 Å². The molecule has 0 unspecified atom stereocenters. The Balaban J connectivity index is 1.80. The van der Waals surface area contributed by atoms with E-state index < -0.39 is 16.0 Å². The third-order valence-corrected chi connectivity index (χ3v) is 6.25. The molecule has 0 atom stereocenters. The minimum absolute atomic E-state index is 0.0316. The lowest BCUT2D eigenvalue weighted by atomic mass is 10.1. The molecule has 3 aromatic rings. The molecule has 31 heavy (non-hydrogen) atoms. The van der Waals surface area contributed by atoms with E-state index in [0.717, 1.165) is 9.99 Å². The summed E-state index contributed by atoms with van der Waals surface area (Å²) < 4.78 is 33.0. The van der Waals surface area contributed by atoms with Crippen LogP contribution in [-0.4, -0.2) is 60.8 Å². The lowest BCUT2D eigenvalue weighted by Crippen LogP contribution is -2.23. The number of carbonyl (C=O) groups is 1. The van der Waals surface area contributed by atoms with Gasteiger partial charge in [-0.25, -0.2) is 22.2 Å². The second-order valence-electron chi connectivity index (χ2n) is 6.85. The molecule has 2 N–H and O–H groups in total. The van der Waals surface area contributed by atoms with Gasteiger partial charge in [0.15, 0.2) is 0 Å². The van der Waals surface area contributed by atoms with Gasteiger partial charge in [0.05, 0.1) is 29.0 Å². The Morgan fingerprint density at radius 2 is 1.94 bits per heavy atom. The van der Waals surface area contributed by atoms with Crippen LogP contribution in [0.4, 0.5) is 5.69 Å². The van der Waals surface area contributed by atoms with Crippen LogP contribution in [0.3, 0.4) is 0 Å². The summed E-state index contributed by atoms with van der Waals surface area (Å²) in [5.41, 5.74) is 1.99. The van der Waals surface area contributed by atoms with Gasteiger partial charge in [0.1, 0.15) is 6.61 Å². The van der Waals surface area contributed by atoms with E-state index in [9.17, 15) is 13.2 Å². The molecular formula is C21H24N4O5S. The maximum atomic E-state index is 12.8. The number of anilines is 1. The Kier molecular flexibility index (Phi) is 7.06. The van der Waals surface area contributed by atoms with Crippen LogP contribution in [0.25, 0.3) is 5.69 Å². The normalized spacial score (nSPS) is 11.5. The minimum atomic E-state index is -3.73. The van der Waals surface area contributed by atoms with Crippen LogP contribution >= 0.6 is 0 Å². The number of aliphatic hydroxyl groups is 1. The molecule has 0 fully saturated rings. The van der Waals surface area contributed by atoms with Crippen molar-refractivity contribution in [2.75, 3.05) is 32.6 Å². The Labute approximate surface area is 180 Å². The first-order valence-corrected chi connectivity index (χ1v) is 10.9. The van der Waals surface area contributed by atoms with E-state index >= 15 is 0 Å². The maximum absolute atomic E-state index is 12.8. The molecule has 3 rings (SSSR count). The second-order valence-corrected chi connectivity index (χ2v) is 9.00. The van der Waals surface area contributed by atoms with Crippen molar-refractivity contribution in [3.05, 3.63) is 72.1 Å². The standard InChI is InChI=1S/C21H24N4O5S/c1-24(2)31(28,29)18-8-9-20(22-10-11-26)19(12-18)21(27)30-15-16-13-23-25(14-16)17-6-4-3-5-7-17/h3-9,12-14,22,26H,10-11,15H2,1-2H3. The van der Waals surface area contributed by atoms with Crippen molar-refractivity contribution in [2.45, 2.75) is 11.5 Å². The van der Waals surface area contributed by atoms with Gasteiger partial charge >= 0.3 is 5.97 Å². The van der Waals surface area contributed by atoms with Crippen LogP contribution in [0.15, 0.2) is 65.8 Å². The number of hydrogen-bond acceptors (Lipinski definition) is 7. The van der Waals surface area contributed by atoms with E-state index in [1.165, 1.54) is 32.3 Å². The summed E-state index contributed by atoms with van der Waals surface area (Å²) in [6.07, 6.45) is 3.35. The molecule has 0 amide bonds. The predicted octanol–water partition coefficient (Wildman–Crippen LogP) is 1.88. The maximum Gasteiger partial charge on any atom is 0.340 e. The summed E-state index contributed by atoms with van der Waals surface area (Å²) in [6.45, 7) is 0.0184. The number of aromatic nitrogens is 2. The number of sulfonamides is 1. The molecule has 1 heterocycles. The van der Waals surface area contributed by atoms with Gasteiger partial charge in [-0.15, -0.1) is 0 Å². The molecule has 0 spiro atoms. The van der Waals surface area contributed by atoms with Gasteiger partial charge < -0.3 is 15.2 Å². The molecule has 0 aliphatic carbocycles. The van der Waals surface area contributed by atoms with Crippen molar-refractivity contribution in [2.24, 2.45) is 0 Å². The molecule has 10 heteroatoms. The largest absolute Gasteiger partial charge is 0.457 e. The van der Waals surface area contributed by atoms with E-state index in [1.54, 1.807) is 17.1 Å². The quantitative estimate of drug-likeness (QED) is 0.485. The monoisotopic (exact) mass is 444 g/mol. The molecule has 0 bridgehead atoms. The van der Waals surface area contributed by atoms with Crippen molar-refractivity contribution in [3.8, 4) is 5.69 Å². The second kappa shape index (κ2) is 9.73. The van der Waals surface area contributed by atoms with E-state index in [0.29, 0.717) is 11.3 Å². The SMILES string of the molecule is CN(C)S(=O)(=O)c1ccc(NCCO)c(C(=O)OCc2cnn(-c3ccccc3)c2)c1. The fraction of sp³-hybridized carbons (Fsp3) is 0.238. The van der Waals surface area contributed by atoms with Gasteiger partial charge in [0.25, 0.3) is 0 Å². The van der Waals surface area contributed by atoms with Crippen molar-refractivity contribution in [3.63, 3.8) is 0 Å². The smallest absolute Gasteiger partial charge is 0.340 e. The third kappa shape index (κ3) is 5.29. The zero-order valence-corrected chi connectivity index (χ0v) is 18.0. The fourth-order valence-electron chi connectivity index (χ4n) is 2.79. The molecule has 0 aliphatic heterocycles.